The minimum absolute atomic E-state index is 0.114. The molecule has 0 aromatic heterocycles. The average molecular weight is 362 g/mol. The van der Waals surface area contributed by atoms with E-state index < -0.39 is 58.9 Å². The van der Waals surface area contributed by atoms with Gasteiger partial charge in [-0.2, -0.15) is 0 Å². The predicted molar refractivity (Wildman–Crippen MR) is 85.3 cm³/mol. The van der Waals surface area contributed by atoms with E-state index in [1.807, 2.05) is 0 Å². The molecule has 2 unspecified atom stereocenters. The maximum absolute atomic E-state index is 12.1. The Bertz CT molecular complexity index is 731. The summed E-state index contributed by atoms with van der Waals surface area (Å²) in [5.74, 6) is -12.6. The van der Waals surface area contributed by atoms with Crippen molar-refractivity contribution in [3.63, 3.8) is 0 Å². The van der Waals surface area contributed by atoms with Crippen LogP contribution in [0.3, 0.4) is 0 Å². The van der Waals surface area contributed by atoms with Crippen molar-refractivity contribution < 1.29 is 39.6 Å². The maximum atomic E-state index is 12.1. The third-order valence-electron chi connectivity index (χ3n) is 6.06. The fraction of sp³-hybridized carbons (Fsp3) is 0.444. The largest absolute Gasteiger partial charge is 0.481 e. The number of benzene rings is 1. The van der Waals surface area contributed by atoms with E-state index in [-0.39, 0.29) is 12.8 Å². The topological polar surface area (TPSA) is 149 Å². The molecular formula is C18H18O8. The summed E-state index contributed by atoms with van der Waals surface area (Å²) in [6.07, 6.45) is 0.263. The van der Waals surface area contributed by atoms with Gasteiger partial charge in [0, 0.05) is 5.41 Å². The monoisotopic (exact) mass is 362 g/mol. The molecule has 0 spiro atoms. The Kier molecular flexibility index (Phi) is 4.21. The first-order valence-corrected chi connectivity index (χ1v) is 8.20. The van der Waals surface area contributed by atoms with Crippen LogP contribution in [0.1, 0.15) is 18.4 Å². The smallest absolute Gasteiger partial charge is 0.308 e. The van der Waals surface area contributed by atoms with Crippen molar-refractivity contribution in [2.45, 2.75) is 18.3 Å². The van der Waals surface area contributed by atoms with Crippen molar-refractivity contribution in [3.05, 3.63) is 35.9 Å². The van der Waals surface area contributed by atoms with Gasteiger partial charge in [0.2, 0.25) is 0 Å². The molecule has 8 nitrogen and oxygen atoms in total. The van der Waals surface area contributed by atoms with E-state index in [2.05, 4.69) is 0 Å². The van der Waals surface area contributed by atoms with Crippen molar-refractivity contribution in [2.75, 3.05) is 0 Å². The number of hydrogen-bond donors (Lipinski definition) is 4. The lowest BCUT2D eigenvalue weighted by molar-refractivity contribution is -0.195. The molecule has 3 saturated carbocycles. The van der Waals surface area contributed by atoms with Crippen LogP contribution in [0.5, 0.6) is 0 Å². The Morgan fingerprint density at radius 3 is 1.62 bits per heavy atom. The normalized spacial score (nSPS) is 35.6. The number of carbonyl (C=O) groups is 4. The summed E-state index contributed by atoms with van der Waals surface area (Å²) in [6, 6.07) is 7.98. The van der Waals surface area contributed by atoms with Gasteiger partial charge in [0.25, 0.3) is 0 Å². The van der Waals surface area contributed by atoms with Crippen LogP contribution in [0.4, 0.5) is 0 Å². The zero-order valence-electron chi connectivity index (χ0n) is 13.6. The van der Waals surface area contributed by atoms with Gasteiger partial charge in [-0.05, 0) is 24.3 Å². The van der Waals surface area contributed by atoms with Crippen LogP contribution in [0.15, 0.2) is 30.3 Å². The summed E-state index contributed by atoms with van der Waals surface area (Å²) < 4.78 is 0. The molecule has 0 radical (unpaired) electrons. The highest BCUT2D eigenvalue weighted by molar-refractivity contribution is 5.89. The lowest BCUT2D eigenvalue weighted by Crippen LogP contribution is -2.67. The molecule has 8 heteroatoms. The van der Waals surface area contributed by atoms with Crippen LogP contribution < -0.4 is 0 Å². The Balaban J connectivity index is 2.34. The Morgan fingerprint density at radius 1 is 0.769 bits per heavy atom. The third-order valence-corrected chi connectivity index (χ3v) is 6.06. The number of rotatable bonds is 5. The summed E-state index contributed by atoms with van der Waals surface area (Å²) in [7, 11) is 0. The van der Waals surface area contributed by atoms with Crippen LogP contribution in [-0.2, 0) is 24.6 Å². The molecular weight excluding hydrogens is 344 g/mol. The number of carboxylic acid groups (broad SMARTS) is 4. The molecule has 3 fully saturated rings. The molecule has 1 aromatic carbocycles. The van der Waals surface area contributed by atoms with Gasteiger partial charge in [-0.15, -0.1) is 0 Å². The Hall–Kier alpha value is -2.90. The fourth-order valence-corrected chi connectivity index (χ4v) is 5.28. The number of carboxylic acids is 4. The van der Waals surface area contributed by atoms with Gasteiger partial charge in [0.15, 0.2) is 0 Å². The molecule has 2 bridgehead atoms. The second-order valence-corrected chi connectivity index (χ2v) is 6.97. The summed E-state index contributed by atoms with van der Waals surface area (Å²) >= 11 is 0. The van der Waals surface area contributed by atoms with E-state index in [0.29, 0.717) is 5.56 Å². The Morgan fingerprint density at radius 2 is 1.23 bits per heavy atom. The van der Waals surface area contributed by atoms with Gasteiger partial charge in [0.1, 0.15) is 0 Å². The van der Waals surface area contributed by atoms with Gasteiger partial charge in [-0.1, -0.05) is 30.3 Å². The van der Waals surface area contributed by atoms with E-state index in [0.717, 1.165) is 0 Å². The highest BCUT2D eigenvalue weighted by atomic mass is 16.4. The number of fused-ring (bicyclic) bond motifs is 3. The maximum Gasteiger partial charge on any atom is 0.308 e. The van der Waals surface area contributed by atoms with Crippen molar-refractivity contribution in [3.8, 4) is 0 Å². The molecule has 0 saturated heterocycles. The third kappa shape index (κ3) is 2.28. The lowest BCUT2D eigenvalue weighted by Gasteiger charge is -2.59. The van der Waals surface area contributed by atoms with Crippen molar-refractivity contribution >= 4 is 23.9 Å². The first-order valence-electron chi connectivity index (χ1n) is 8.20. The predicted octanol–water partition coefficient (Wildman–Crippen LogP) is 1.15. The minimum Gasteiger partial charge on any atom is -0.481 e. The quantitative estimate of drug-likeness (QED) is 0.609. The van der Waals surface area contributed by atoms with Gasteiger partial charge in [0.05, 0.1) is 23.7 Å². The molecule has 1 aromatic rings. The summed E-state index contributed by atoms with van der Waals surface area (Å²) in [5.41, 5.74) is -1.24. The van der Waals surface area contributed by atoms with Crippen molar-refractivity contribution in [2.24, 2.45) is 29.6 Å². The highest BCUT2D eigenvalue weighted by Crippen LogP contribution is 2.63. The number of hydrogen-bond acceptors (Lipinski definition) is 4. The second-order valence-electron chi connectivity index (χ2n) is 6.97. The summed E-state index contributed by atoms with van der Waals surface area (Å²) in [6.45, 7) is 0. The minimum atomic E-state index is -1.60. The average Bonchev–Trinajstić information content (AvgIpc) is 2.60. The first-order chi connectivity index (χ1) is 12.2. The molecule has 0 heterocycles. The van der Waals surface area contributed by atoms with Crippen LogP contribution in [0, 0.1) is 29.6 Å². The van der Waals surface area contributed by atoms with E-state index in [9.17, 15) is 39.6 Å². The Labute approximate surface area is 148 Å². The van der Waals surface area contributed by atoms with Gasteiger partial charge in [-0.3, -0.25) is 19.2 Å². The standard InChI is InChI=1S/C18H18O8/c19-14(20)10-9-6-7-18(12(10)16(23)24,8-4-2-1-3-5-8)13(17(25)26)11(9)15(21)22/h1-5,9-13H,6-7H2,(H,19,20)(H,21,22)(H,23,24)(H,25,26)/t9?,10-,11-,12-,13+,18?/m1/s1. The van der Waals surface area contributed by atoms with Crippen LogP contribution >= 0.6 is 0 Å². The molecule has 138 valence electrons. The van der Waals surface area contributed by atoms with E-state index in [1.54, 1.807) is 30.3 Å². The number of aliphatic carboxylic acids is 4. The molecule has 6 atom stereocenters. The highest BCUT2D eigenvalue weighted by Gasteiger charge is 2.70. The fourth-order valence-electron chi connectivity index (χ4n) is 5.28. The molecule has 0 amide bonds. The van der Waals surface area contributed by atoms with Gasteiger partial charge in [-0.25, -0.2) is 0 Å². The first kappa shape index (κ1) is 17.9. The SMILES string of the molecule is O=C(O)[C@@H]1C2CCC(c3ccccc3)([C@@H]1C(=O)O)[C@@H](C(=O)O)[C@@H]2C(=O)O. The van der Waals surface area contributed by atoms with Crippen molar-refractivity contribution in [1.82, 2.24) is 0 Å². The zero-order chi connectivity index (χ0) is 19.2. The molecule has 0 aliphatic heterocycles. The molecule has 3 aliphatic carbocycles. The lowest BCUT2D eigenvalue weighted by atomic mass is 9.41. The molecule has 26 heavy (non-hydrogen) atoms. The van der Waals surface area contributed by atoms with Crippen LogP contribution in [0.25, 0.3) is 0 Å². The van der Waals surface area contributed by atoms with Gasteiger partial charge < -0.3 is 20.4 Å². The van der Waals surface area contributed by atoms with E-state index >= 15 is 0 Å². The second kappa shape index (κ2) is 6.12. The molecule has 4 rings (SSSR count). The summed E-state index contributed by atoms with van der Waals surface area (Å²) in [5, 5.41) is 39.0. The van der Waals surface area contributed by atoms with Crippen molar-refractivity contribution in [1.29, 1.82) is 0 Å². The van der Waals surface area contributed by atoms with Gasteiger partial charge >= 0.3 is 23.9 Å². The van der Waals surface area contributed by atoms with Crippen LogP contribution in [0.2, 0.25) is 0 Å². The van der Waals surface area contributed by atoms with Crippen LogP contribution in [-0.4, -0.2) is 44.3 Å². The van der Waals surface area contributed by atoms with E-state index in [4.69, 9.17) is 0 Å². The molecule has 3 aliphatic rings. The summed E-state index contributed by atoms with van der Waals surface area (Å²) in [4.78, 5) is 47.9. The molecule has 4 N–H and O–H groups in total. The van der Waals surface area contributed by atoms with E-state index in [1.165, 1.54) is 0 Å². The zero-order valence-corrected chi connectivity index (χ0v) is 13.6.